The SMILES string of the molecule is COC(=O)c1c(C)sc2ccn(Cc3ccc(-c4cc(F)cc(OC)c4)cc3)c12. The highest BCUT2D eigenvalue weighted by Gasteiger charge is 2.20. The second-order valence-corrected chi connectivity index (χ2v) is 8.01. The second-order valence-electron chi connectivity index (χ2n) is 6.76. The van der Waals surface area contributed by atoms with E-state index in [4.69, 9.17) is 9.47 Å². The van der Waals surface area contributed by atoms with Crippen LogP contribution < -0.4 is 4.74 Å². The lowest BCUT2D eigenvalue weighted by Gasteiger charge is -2.09. The fourth-order valence-electron chi connectivity index (χ4n) is 3.51. The molecule has 4 rings (SSSR count). The number of ether oxygens (including phenoxy) is 2. The molecule has 0 atom stereocenters. The largest absolute Gasteiger partial charge is 0.497 e. The van der Waals surface area contributed by atoms with E-state index < -0.39 is 0 Å². The van der Waals surface area contributed by atoms with E-state index in [9.17, 15) is 9.18 Å². The Bertz CT molecular complexity index is 1190. The molecule has 0 aliphatic heterocycles. The normalized spacial score (nSPS) is 11.0. The van der Waals surface area contributed by atoms with Gasteiger partial charge in [-0.25, -0.2) is 9.18 Å². The van der Waals surface area contributed by atoms with Crippen LogP contribution in [-0.4, -0.2) is 24.8 Å². The van der Waals surface area contributed by atoms with Gasteiger partial charge in [0.2, 0.25) is 0 Å². The zero-order valence-electron chi connectivity index (χ0n) is 16.4. The monoisotopic (exact) mass is 409 g/mol. The zero-order valence-corrected chi connectivity index (χ0v) is 17.2. The van der Waals surface area contributed by atoms with Gasteiger partial charge in [0.15, 0.2) is 0 Å². The molecule has 0 spiro atoms. The number of carbonyl (C=O) groups is 1. The first kappa shape index (κ1) is 19.2. The Morgan fingerprint density at radius 1 is 1.07 bits per heavy atom. The first-order valence-corrected chi connectivity index (χ1v) is 9.92. The molecule has 0 aliphatic carbocycles. The average Bonchev–Trinajstić information content (AvgIpc) is 3.25. The number of hydrogen-bond donors (Lipinski definition) is 0. The number of rotatable bonds is 5. The van der Waals surface area contributed by atoms with Gasteiger partial charge in [-0.05, 0) is 41.8 Å². The van der Waals surface area contributed by atoms with Gasteiger partial charge in [0.1, 0.15) is 11.6 Å². The Balaban J connectivity index is 1.65. The van der Waals surface area contributed by atoms with Crippen LogP contribution in [0.25, 0.3) is 21.3 Å². The number of methoxy groups -OCH3 is 2. The van der Waals surface area contributed by atoms with E-state index in [-0.39, 0.29) is 11.8 Å². The Morgan fingerprint density at radius 3 is 2.52 bits per heavy atom. The lowest BCUT2D eigenvalue weighted by atomic mass is 10.0. The van der Waals surface area contributed by atoms with Crippen LogP contribution in [0.4, 0.5) is 4.39 Å². The van der Waals surface area contributed by atoms with Gasteiger partial charge in [-0.1, -0.05) is 24.3 Å². The number of benzene rings is 2. The molecule has 0 radical (unpaired) electrons. The van der Waals surface area contributed by atoms with Crippen LogP contribution in [0.5, 0.6) is 5.75 Å². The van der Waals surface area contributed by atoms with E-state index in [0.717, 1.165) is 31.8 Å². The molecular formula is C23H20FNO3S. The summed E-state index contributed by atoms with van der Waals surface area (Å²) in [7, 11) is 2.92. The Labute approximate surface area is 172 Å². The van der Waals surface area contributed by atoms with Gasteiger partial charge < -0.3 is 14.0 Å². The van der Waals surface area contributed by atoms with E-state index >= 15 is 0 Å². The fraction of sp³-hybridized carbons (Fsp3) is 0.174. The molecule has 0 aliphatic rings. The maximum Gasteiger partial charge on any atom is 0.341 e. The number of aryl methyl sites for hydroxylation is 1. The molecule has 2 heterocycles. The first-order chi connectivity index (χ1) is 14.0. The van der Waals surface area contributed by atoms with Crippen molar-refractivity contribution in [3.63, 3.8) is 0 Å². The maximum absolute atomic E-state index is 13.8. The Kier molecular flexibility index (Phi) is 5.11. The van der Waals surface area contributed by atoms with Gasteiger partial charge in [0.25, 0.3) is 0 Å². The Morgan fingerprint density at radius 2 is 1.83 bits per heavy atom. The number of halogens is 1. The molecule has 4 aromatic rings. The standard InChI is InChI=1S/C23H20FNO3S/c1-14-21(23(26)28-3)22-20(29-14)8-9-25(22)13-15-4-6-16(7-5-15)17-10-18(24)12-19(11-17)27-2/h4-12H,13H2,1-3H3. The van der Waals surface area contributed by atoms with Crippen LogP contribution in [0, 0.1) is 12.7 Å². The number of thiophene rings is 1. The van der Waals surface area contributed by atoms with Gasteiger partial charge in [-0.2, -0.15) is 0 Å². The summed E-state index contributed by atoms with van der Waals surface area (Å²) in [4.78, 5) is 13.2. The third-order valence-corrected chi connectivity index (χ3v) is 5.97. The van der Waals surface area contributed by atoms with E-state index in [0.29, 0.717) is 17.9 Å². The molecule has 6 heteroatoms. The summed E-state index contributed by atoms with van der Waals surface area (Å²) in [5.74, 6) is -0.160. The summed E-state index contributed by atoms with van der Waals surface area (Å²) in [6.07, 6.45) is 1.98. The molecule has 148 valence electrons. The number of hydrogen-bond acceptors (Lipinski definition) is 4. The third-order valence-electron chi connectivity index (χ3n) is 4.92. The minimum Gasteiger partial charge on any atom is -0.497 e. The predicted molar refractivity (Wildman–Crippen MR) is 113 cm³/mol. The average molecular weight is 409 g/mol. The molecule has 0 amide bonds. The molecule has 4 nitrogen and oxygen atoms in total. The lowest BCUT2D eigenvalue weighted by molar-refractivity contribution is 0.0602. The van der Waals surface area contributed by atoms with Crippen molar-refractivity contribution < 1.29 is 18.7 Å². The van der Waals surface area contributed by atoms with Crippen molar-refractivity contribution >= 4 is 27.5 Å². The third kappa shape index (κ3) is 3.63. The number of aromatic nitrogens is 1. The summed E-state index contributed by atoms with van der Waals surface area (Å²) >= 11 is 1.59. The van der Waals surface area contributed by atoms with Crippen molar-refractivity contribution in [1.82, 2.24) is 4.57 Å². The number of nitrogens with zero attached hydrogens (tertiary/aromatic N) is 1. The predicted octanol–water partition coefficient (Wildman–Crippen LogP) is 5.66. The van der Waals surface area contributed by atoms with E-state index in [1.54, 1.807) is 11.3 Å². The second kappa shape index (κ2) is 7.72. The van der Waals surface area contributed by atoms with Crippen LogP contribution in [0.2, 0.25) is 0 Å². The van der Waals surface area contributed by atoms with Crippen LogP contribution in [0.1, 0.15) is 20.8 Å². The van der Waals surface area contributed by atoms with Crippen LogP contribution in [-0.2, 0) is 11.3 Å². The van der Waals surface area contributed by atoms with Crippen LogP contribution in [0.15, 0.2) is 54.7 Å². The molecule has 0 saturated carbocycles. The number of fused-ring (bicyclic) bond motifs is 1. The van der Waals surface area contributed by atoms with Crippen LogP contribution in [0.3, 0.4) is 0 Å². The summed E-state index contributed by atoms with van der Waals surface area (Å²) in [6.45, 7) is 2.56. The fourth-order valence-corrected chi connectivity index (χ4v) is 4.56. The highest BCUT2D eigenvalue weighted by molar-refractivity contribution is 7.19. The smallest absolute Gasteiger partial charge is 0.341 e. The van der Waals surface area contributed by atoms with Gasteiger partial charge in [0.05, 0.1) is 30.0 Å². The molecular weight excluding hydrogens is 389 g/mol. The molecule has 0 unspecified atom stereocenters. The van der Waals surface area contributed by atoms with Crippen molar-refractivity contribution in [1.29, 1.82) is 0 Å². The minimum atomic E-state index is -0.332. The van der Waals surface area contributed by atoms with Gasteiger partial charge in [-0.15, -0.1) is 11.3 Å². The van der Waals surface area contributed by atoms with E-state index in [1.807, 2.05) is 49.5 Å². The number of carbonyl (C=O) groups excluding carboxylic acids is 1. The molecule has 0 fully saturated rings. The highest BCUT2D eigenvalue weighted by atomic mass is 32.1. The van der Waals surface area contributed by atoms with Crippen molar-refractivity contribution in [3.8, 4) is 16.9 Å². The lowest BCUT2D eigenvalue weighted by Crippen LogP contribution is -2.06. The topological polar surface area (TPSA) is 40.5 Å². The molecule has 2 aromatic carbocycles. The number of esters is 1. The maximum atomic E-state index is 13.8. The molecule has 0 N–H and O–H groups in total. The summed E-state index contributed by atoms with van der Waals surface area (Å²) in [5.41, 5.74) is 4.28. The van der Waals surface area contributed by atoms with E-state index in [1.165, 1.54) is 26.4 Å². The molecule has 2 aromatic heterocycles. The van der Waals surface area contributed by atoms with Gasteiger partial charge in [-0.3, -0.25) is 0 Å². The summed E-state index contributed by atoms with van der Waals surface area (Å²) < 4.78 is 27.0. The quantitative estimate of drug-likeness (QED) is 0.399. The van der Waals surface area contributed by atoms with Gasteiger partial charge in [0, 0.05) is 23.7 Å². The minimum absolute atomic E-state index is 0.316. The first-order valence-electron chi connectivity index (χ1n) is 9.10. The summed E-state index contributed by atoms with van der Waals surface area (Å²) in [6, 6.07) is 14.6. The zero-order chi connectivity index (χ0) is 20.5. The Hall–Kier alpha value is -3.12. The van der Waals surface area contributed by atoms with Crippen molar-refractivity contribution in [2.24, 2.45) is 0 Å². The molecule has 0 saturated heterocycles. The van der Waals surface area contributed by atoms with Crippen LogP contribution >= 0.6 is 11.3 Å². The van der Waals surface area contributed by atoms with Crippen molar-refractivity contribution in [3.05, 3.63) is 76.5 Å². The van der Waals surface area contributed by atoms with Crippen molar-refractivity contribution in [2.45, 2.75) is 13.5 Å². The summed E-state index contributed by atoms with van der Waals surface area (Å²) in [5, 5.41) is 0. The van der Waals surface area contributed by atoms with E-state index in [2.05, 4.69) is 4.57 Å². The molecule has 0 bridgehead atoms. The highest BCUT2D eigenvalue weighted by Crippen LogP contribution is 2.33. The molecule has 29 heavy (non-hydrogen) atoms. The van der Waals surface area contributed by atoms with Crippen molar-refractivity contribution in [2.75, 3.05) is 14.2 Å². The van der Waals surface area contributed by atoms with Gasteiger partial charge >= 0.3 is 5.97 Å².